The molecule has 2 heterocycles. The summed E-state index contributed by atoms with van der Waals surface area (Å²) in [5, 5.41) is 49.6. The summed E-state index contributed by atoms with van der Waals surface area (Å²) in [5.74, 6) is -1.49. The van der Waals surface area contributed by atoms with Crippen LogP contribution in [0.25, 0.3) is 12.2 Å². The number of ketones is 2. The Hall–Kier alpha value is -4.36. The number of hydrogen-bond acceptors (Lipinski definition) is 8. The van der Waals surface area contributed by atoms with Gasteiger partial charge in [0.1, 0.15) is 0 Å². The zero-order valence-corrected chi connectivity index (χ0v) is 18.5. The van der Waals surface area contributed by atoms with Gasteiger partial charge in [0.15, 0.2) is 0 Å². The number of nitrogens with one attached hydrogen (secondary N) is 4. The Labute approximate surface area is 202 Å². The fourth-order valence-corrected chi connectivity index (χ4v) is 4.82. The number of fused-ring (bicyclic) bond motifs is 6. The smallest absolute Gasteiger partial charge is 0.320 e. The van der Waals surface area contributed by atoms with E-state index in [0.717, 1.165) is 0 Å². The Kier molecular flexibility index (Phi) is 4.60. The van der Waals surface area contributed by atoms with E-state index in [1.54, 1.807) is 18.2 Å². The zero-order chi connectivity index (χ0) is 26.3. The molecule has 12 heteroatoms. The molecule has 0 radical (unpaired) electrons. The number of Topliss-reactive ketones (excluding diaryl/α,β-unsaturated/α-hetero) is 2. The van der Waals surface area contributed by atoms with E-state index in [1.165, 1.54) is 30.3 Å². The quantitative estimate of drug-likeness (QED) is 0.270. The molecule has 0 aromatic heterocycles. The third-order valence-corrected chi connectivity index (χ3v) is 6.71. The number of benzene rings is 2. The lowest BCUT2D eigenvalue weighted by Gasteiger charge is -2.27. The van der Waals surface area contributed by atoms with Crippen LogP contribution in [0.15, 0.2) is 49.6 Å². The summed E-state index contributed by atoms with van der Waals surface area (Å²) in [7, 11) is 0. The number of amides is 4. The lowest BCUT2D eigenvalue weighted by atomic mass is 9.99. The van der Waals surface area contributed by atoms with Gasteiger partial charge in [0.25, 0.3) is 11.4 Å². The summed E-state index contributed by atoms with van der Waals surface area (Å²) < 4.78 is 0. The van der Waals surface area contributed by atoms with Crippen LogP contribution in [0.5, 0.6) is 0 Å². The molecule has 0 bridgehead atoms. The van der Waals surface area contributed by atoms with Crippen molar-refractivity contribution in [2.24, 2.45) is 0 Å². The highest BCUT2D eigenvalue weighted by molar-refractivity contribution is 6.12. The second-order valence-corrected chi connectivity index (χ2v) is 8.68. The Bertz CT molecular complexity index is 1440. The predicted octanol–water partition coefficient (Wildman–Crippen LogP) is -0.655. The normalized spacial score (nSPS) is 32.6. The molecule has 0 saturated carbocycles. The third-order valence-electron chi connectivity index (χ3n) is 6.71. The van der Waals surface area contributed by atoms with Gasteiger partial charge in [-0.3, -0.25) is 20.2 Å². The molecule has 2 saturated heterocycles. The van der Waals surface area contributed by atoms with Gasteiger partial charge in [-0.05, 0) is 23.3 Å². The molecule has 36 heavy (non-hydrogen) atoms. The molecule has 2 aromatic carbocycles. The highest BCUT2D eigenvalue weighted by atomic mass is 16.4. The van der Waals surface area contributed by atoms with Crippen LogP contribution in [0.3, 0.4) is 0 Å². The topological polar surface area (TPSA) is 197 Å². The van der Waals surface area contributed by atoms with Crippen LogP contribution in [0.4, 0.5) is 9.59 Å². The average Bonchev–Trinajstić information content (AvgIpc) is 3.35. The van der Waals surface area contributed by atoms with Gasteiger partial charge in [0.05, 0.1) is 0 Å². The summed E-state index contributed by atoms with van der Waals surface area (Å²) in [6.45, 7) is 7.16. The van der Waals surface area contributed by atoms with Gasteiger partial charge >= 0.3 is 12.1 Å². The molecule has 6 rings (SSSR count). The van der Waals surface area contributed by atoms with Crippen molar-refractivity contribution in [3.63, 3.8) is 0 Å². The number of carbonyl (C=O) groups excluding carboxylic acids is 4. The molecule has 4 amide bonds. The van der Waals surface area contributed by atoms with E-state index in [2.05, 4.69) is 23.8 Å². The van der Waals surface area contributed by atoms with Crippen molar-refractivity contribution in [2.75, 3.05) is 0 Å². The minimum Gasteiger partial charge on any atom is -0.363 e. The van der Waals surface area contributed by atoms with Crippen molar-refractivity contribution in [3.05, 3.63) is 82.9 Å². The van der Waals surface area contributed by atoms with Gasteiger partial charge in [-0.1, -0.05) is 49.6 Å². The van der Waals surface area contributed by atoms with Crippen LogP contribution < -0.4 is 21.3 Å². The summed E-state index contributed by atoms with van der Waals surface area (Å²) in [6, 6.07) is 7.65. The first-order valence-electron chi connectivity index (χ1n) is 10.6. The van der Waals surface area contributed by atoms with E-state index >= 15 is 0 Å². The van der Waals surface area contributed by atoms with Crippen molar-refractivity contribution >= 4 is 35.8 Å². The molecule has 2 aromatic rings. The van der Waals surface area contributed by atoms with E-state index < -0.39 is 46.5 Å². The number of urea groups is 2. The van der Waals surface area contributed by atoms with Crippen LogP contribution in [-0.4, -0.2) is 55.5 Å². The number of rotatable bonds is 2. The molecule has 8 N–H and O–H groups in total. The van der Waals surface area contributed by atoms with E-state index in [-0.39, 0.29) is 22.3 Å². The summed E-state index contributed by atoms with van der Waals surface area (Å²) in [5.41, 5.74) is -6.99. The number of hydrogen-bond donors (Lipinski definition) is 8. The largest absolute Gasteiger partial charge is 0.363 e. The third kappa shape index (κ3) is 2.66. The molecule has 2 aliphatic heterocycles. The molecular weight excluding hydrogens is 472 g/mol. The van der Waals surface area contributed by atoms with E-state index in [0.29, 0.717) is 11.1 Å². The summed E-state index contributed by atoms with van der Waals surface area (Å²) >= 11 is 0. The van der Waals surface area contributed by atoms with Crippen LogP contribution in [0.2, 0.25) is 0 Å². The van der Waals surface area contributed by atoms with Crippen molar-refractivity contribution in [2.45, 2.75) is 22.9 Å². The zero-order valence-electron chi connectivity index (χ0n) is 18.5. The molecule has 2 aliphatic carbocycles. The van der Waals surface area contributed by atoms with E-state index in [1.807, 2.05) is 10.6 Å². The van der Waals surface area contributed by atoms with Gasteiger partial charge in [0, 0.05) is 22.3 Å². The Balaban J connectivity index is 0.000000148. The standard InChI is InChI=1S/2C12H10N2O4/c1-2-6-3-4-8-7(5-6)9(15)12(18)11(8,17)13-10(16)14-12;1-2-6-3-4-7-8(5-6)11(17)12(18,9(7)15)14-10(16)13-11/h2*2-5,17-18H,1H2,(H2,13,14,16). The SMILES string of the molecule is C=Cc1ccc2c(c1)C(=O)C1(O)NC(=O)NC21O.C=Cc1ccc2c(c1)C1(O)NC(=O)NC1(O)C2=O. The van der Waals surface area contributed by atoms with Crippen molar-refractivity contribution in [1.29, 1.82) is 0 Å². The van der Waals surface area contributed by atoms with Crippen LogP contribution >= 0.6 is 0 Å². The van der Waals surface area contributed by atoms with Gasteiger partial charge in [-0.25, -0.2) is 9.59 Å². The maximum Gasteiger partial charge on any atom is 0.320 e. The lowest BCUT2D eigenvalue weighted by Crippen LogP contribution is -2.58. The summed E-state index contributed by atoms with van der Waals surface area (Å²) in [4.78, 5) is 46.7. The maximum absolute atomic E-state index is 12.1. The van der Waals surface area contributed by atoms with E-state index in [4.69, 9.17) is 0 Å². The number of carbonyl (C=O) groups is 4. The first-order valence-corrected chi connectivity index (χ1v) is 10.6. The number of aliphatic hydroxyl groups is 4. The minimum absolute atomic E-state index is 0.157. The van der Waals surface area contributed by atoms with Crippen LogP contribution in [0.1, 0.15) is 43.0 Å². The minimum atomic E-state index is -2.35. The highest BCUT2D eigenvalue weighted by Gasteiger charge is 2.69. The molecule has 0 spiro atoms. The van der Waals surface area contributed by atoms with Gasteiger partial charge in [-0.2, -0.15) is 0 Å². The molecule has 4 unspecified atom stereocenters. The molecule has 12 nitrogen and oxygen atoms in total. The van der Waals surface area contributed by atoms with Crippen LogP contribution in [0, 0.1) is 0 Å². The van der Waals surface area contributed by atoms with Crippen molar-refractivity contribution < 1.29 is 39.6 Å². The van der Waals surface area contributed by atoms with E-state index in [9.17, 15) is 39.6 Å². The molecular formula is C24H20N4O8. The maximum atomic E-state index is 12.1. The second kappa shape index (κ2) is 7.08. The highest BCUT2D eigenvalue weighted by Crippen LogP contribution is 2.45. The molecule has 184 valence electrons. The Morgan fingerprint density at radius 1 is 0.583 bits per heavy atom. The van der Waals surface area contributed by atoms with Gasteiger partial charge in [0.2, 0.25) is 23.0 Å². The summed E-state index contributed by atoms with van der Waals surface area (Å²) in [6.07, 6.45) is 3.08. The first-order chi connectivity index (χ1) is 16.8. The fraction of sp³-hybridized carbons (Fsp3) is 0.167. The van der Waals surface area contributed by atoms with Crippen LogP contribution in [-0.2, 0) is 11.4 Å². The average molecular weight is 492 g/mol. The van der Waals surface area contributed by atoms with Crippen molar-refractivity contribution in [1.82, 2.24) is 21.3 Å². The molecule has 4 atom stereocenters. The predicted molar refractivity (Wildman–Crippen MR) is 123 cm³/mol. The Morgan fingerprint density at radius 2 is 1.03 bits per heavy atom. The lowest BCUT2D eigenvalue weighted by molar-refractivity contribution is -0.123. The fourth-order valence-electron chi connectivity index (χ4n) is 4.82. The monoisotopic (exact) mass is 492 g/mol. The second-order valence-electron chi connectivity index (χ2n) is 8.68. The molecule has 4 aliphatic rings. The Morgan fingerprint density at radius 3 is 1.58 bits per heavy atom. The first kappa shape index (κ1) is 23.4. The molecule has 2 fully saturated rings. The van der Waals surface area contributed by atoms with Gasteiger partial charge in [-0.15, -0.1) is 0 Å². The van der Waals surface area contributed by atoms with Gasteiger partial charge < -0.3 is 31.1 Å². The van der Waals surface area contributed by atoms with Crippen molar-refractivity contribution in [3.8, 4) is 0 Å².